The molecule has 0 radical (unpaired) electrons. The fourth-order valence-corrected chi connectivity index (χ4v) is 1.14. The van der Waals surface area contributed by atoms with Gasteiger partial charge in [0.25, 0.3) is 0 Å². The smallest absolute Gasteiger partial charge is 0.269 e. The highest BCUT2D eigenvalue weighted by Gasteiger charge is 2.12. The molecule has 0 bridgehead atoms. The van der Waals surface area contributed by atoms with Crippen LogP contribution in [0.1, 0.15) is 0 Å². The minimum absolute atomic E-state index is 0.517. The van der Waals surface area contributed by atoms with Gasteiger partial charge in [0.15, 0.2) is 5.82 Å². The van der Waals surface area contributed by atoms with E-state index in [1.165, 1.54) is 4.72 Å². The third-order valence-electron chi connectivity index (χ3n) is 0.973. The van der Waals surface area contributed by atoms with Crippen LogP contribution in [0.4, 0.5) is 10.2 Å². The SMILES string of the molecule is O=S(=O)(O)Nc1ncnc(F)c1Cl. The molecular weight excluding hydrogens is 225 g/mol. The van der Waals surface area contributed by atoms with Crippen molar-refractivity contribution in [1.82, 2.24) is 9.97 Å². The fourth-order valence-electron chi connectivity index (χ4n) is 0.542. The van der Waals surface area contributed by atoms with Crippen LogP contribution in [0.5, 0.6) is 0 Å². The molecule has 72 valence electrons. The molecule has 0 saturated heterocycles. The summed E-state index contributed by atoms with van der Waals surface area (Å²) in [5.74, 6) is -1.60. The van der Waals surface area contributed by atoms with Gasteiger partial charge < -0.3 is 0 Å². The van der Waals surface area contributed by atoms with E-state index in [2.05, 4.69) is 9.97 Å². The van der Waals surface area contributed by atoms with Gasteiger partial charge in [0, 0.05) is 0 Å². The van der Waals surface area contributed by atoms with Crippen molar-refractivity contribution in [3.8, 4) is 0 Å². The van der Waals surface area contributed by atoms with Crippen LogP contribution in [0.2, 0.25) is 5.02 Å². The lowest BCUT2D eigenvalue weighted by Crippen LogP contribution is -2.12. The average molecular weight is 228 g/mol. The molecule has 0 atom stereocenters. The minimum Gasteiger partial charge on any atom is -0.269 e. The molecule has 2 N–H and O–H groups in total. The van der Waals surface area contributed by atoms with Gasteiger partial charge in [-0.15, -0.1) is 0 Å². The standard InChI is InChI=1S/C4H3ClFN3O3S/c5-2-3(6)7-1-8-4(2)9-13(10,11)12/h1H,(H,7,8,9)(H,10,11,12). The van der Waals surface area contributed by atoms with Crippen molar-refractivity contribution in [1.29, 1.82) is 0 Å². The molecule has 0 unspecified atom stereocenters. The Morgan fingerprint density at radius 1 is 1.54 bits per heavy atom. The van der Waals surface area contributed by atoms with E-state index in [-0.39, 0.29) is 0 Å². The number of halogens is 2. The van der Waals surface area contributed by atoms with E-state index < -0.39 is 27.1 Å². The van der Waals surface area contributed by atoms with Crippen LogP contribution < -0.4 is 4.72 Å². The fraction of sp³-hybridized carbons (Fsp3) is 0. The molecule has 0 saturated carbocycles. The molecule has 1 aromatic heterocycles. The molecule has 1 aromatic rings. The van der Waals surface area contributed by atoms with E-state index in [0.29, 0.717) is 0 Å². The average Bonchev–Trinajstić information content (AvgIpc) is 1.96. The molecule has 9 heteroatoms. The Balaban J connectivity index is 3.10. The third kappa shape index (κ3) is 2.76. The van der Waals surface area contributed by atoms with Gasteiger partial charge in [0.2, 0.25) is 5.95 Å². The Morgan fingerprint density at radius 2 is 2.15 bits per heavy atom. The summed E-state index contributed by atoms with van der Waals surface area (Å²) in [6.07, 6.45) is 0.759. The molecule has 0 aliphatic rings. The topological polar surface area (TPSA) is 92.2 Å². The summed E-state index contributed by atoms with van der Waals surface area (Å²) in [7, 11) is -4.51. The van der Waals surface area contributed by atoms with Crippen molar-refractivity contribution in [2.24, 2.45) is 0 Å². The van der Waals surface area contributed by atoms with Crippen LogP contribution in [-0.4, -0.2) is 22.9 Å². The summed E-state index contributed by atoms with van der Waals surface area (Å²) in [4.78, 5) is 6.33. The first kappa shape index (κ1) is 10.1. The number of nitrogens with one attached hydrogen (secondary N) is 1. The highest BCUT2D eigenvalue weighted by molar-refractivity contribution is 7.87. The second-order valence-electron chi connectivity index (χ2n) is 1.90. The van der Waals surface area contributed by atoms with Gasteiger partial charge in [0.1, 0.15) is 11.3 Å². The molecule has 0 amide bonds. The lowest BCUT2D eigenvalue weighted by atomic mass is 10.6. The monoisotopic (exact) mass is 227 g/mol. The first-order chi connectivity index (χ1) is 5.90. The van der Waals surface area contributed by atoms with Gasteiger partial charge in [-0.1, -0.05) is 11.6 Å². The molecule has 0 aliphatic heterocycles. The van der Waals surface area contributed by atoms with Crippen molar-refractivity contribution < 1.29 is 17.4 Å². The van der Waals surface area contributed by atoms with Crippen molar-refractivity contribution >= 4 is 27.7 Å². The Hall–Kier alpha value is -0.990. The van der Waals surface area contributed by atoms with Gasteiger partial charge in [-0.25, -0.2) is 14.7 Å². The van der Waals surface area contributed by atoms with Crippen LogP contribution in [0.3, 0.4) is 0 Å². The Labute approximate surface area is 77.7 Å². The first-order valence-corrected chi connectivity index (χ1v) is 4.63. The lowest BCUT2D eigenvalue weighted by molar-refractivity contribution is 0.489. The summed E-state index contributed by atoms with van der Waals surface area (Å²) < 4.78 is 42.9. The molecule has 1 rings (SSSR count). The van der Waals surface area contributed by atoms with Gasteiger partial charge in [-0.2, -0.15) is 12.8 Å². The first-order valence-electron chi connectivity index (χ1n) is 2.81. The summed E-state index contributed by atoms with van der Waals surface area (Å²) in [6.45, 7) is 0. The molecule has 6 nitrogen and oxygen atoms in total. The molecule has 1 heterocycles. The Bertz CT molecular complexity index is 423. The van der Waals surface area contributed by atoms with Crippen LogP contribution in [0, 0.1) is 5.95 Å². The zero-order valence-electron chi connectivity index (χ0n) is 5.90. The second kappa shape index (κ2) is 3.40. The minimum atomic E-state index is -4.51. The van der Waals surface area contributed by atoms with Crippen molar-refractivity contribution in [3.05, 3.63) is 17.3 Å². The predicted molar refractivity (Wildman–Crippen MR) is 42.2 cm³/mol. The quantitative estimate of drug-likeness (QED) is 0.566. The maximum absolute atomic E-state index is 12.6. The summed E-state index contributed by atoms with van der Waals surface area (Å²) in [6, 6.07) is 0. The summed E-state index contributed by atoms with van der Waals surface area (Å²) >= 11 is 5.26. The molecule has 0 fully saturated rings. The zero-order valence-corrected chi connectivity index (χ0v) is 7.47. The maximum atomic E-state index is 12.6. The highest BCUT2D eigenvalue weighted by atomic mass is 35.5. The number of hydrogen-bond donors (Lipinski definition) is 2. The van der Waals surface area contributed by atoms with E-state index in [9.17, 15) is 12.8 Å². The van der Waals surface area contributed by atoms with Crippen LogP contribution in [0.25, 0.3) is 0 Å². The Morgan fingerprint density at radius 3 is 2.69 bits per heavy atom. The maximum Gasteiger partial charge on any atom is 0.358 e. The van der Waals surface area contributed by atoms with Crippen molar-refractivity contribution in [2.75, 3.05) is 4.72 Å². The Kier molecular flexibility index (Phi) is 2.64. The molecule has 0 spiro atoms. The van der Waals surface area contributed by atoms with E-state index in [1.54, 1.807) is 0 Å². The van der Waals surface area contributed by atoms with Crippen LogP contribution in [0.15, 0.2) is 6.33 Å². The van der Waals surface area contributed by atoms with Gasteiger partial charge in [0.05, 0.1) is 0 Å². The van der Waals surface area contributed by atoms with Gasteiger partial charge in [-0.3, -0.25) is 4.55 Å². The highest BCUT2D eigenvalue weighted by Crippen LogP contribution is 2.20. The van der Waals surface area contributed by atoms with E-state index in [0.717, 1.165) is 6.33 Å². The second-order valence-corrected chi connectivity index (χ2v) is 3.44. The summed E-state index contributed by atoms with van der Waals surface area (Å²) in [5.41, 5.74) is 0. The number of rotatable bonds is 2. The molecule has 0 aliphatic carbocycles. The summed E-state index contributed by atoms with van der Waals surface area (Å²) in [5, 5.41) is -0.611. The van der Waals surface area contributed by atoms with Gasteiger partial charge >= 0.3 is 10.3 Å². The zero-order chi connectivity index (χ0) is 10.1. The van der Waals surface area contributed by atoms with Crippen molar-refractivity contribution in [2.45, 2.75) is 0 Å². The predicted octanol–water partition coefficient (Wildman–Crippen LogP) is 0.484. The number of hydrogen-bond acceptors (Lipinski definition) is 4. The van der Waals surface area contributed by atoms with E-state index in [4.69, 9.17) is 16.2 Å². The number of nitrogens with zero attached hydrogens (tertiary/aromatic N) is 2. The molecular formula is C4H3ClFN3O3S. The van der Waals surface area contributed by atoms with Gasteiger partial charge in [-0.05, 0) is 0 Å². The van der Waals surface area contributed by atoms with Crippen LogP contribution >= 0.6 is 11.6 Å². The van der Waals surface area contributed by atoms with E-state index in [1.807, 2.05) is 0 Å². The van der Waals surface area contributed by atoms with Crippen LogP contribution in [-0.2, 0) is 10.3 Å². The normalized spacial score (nSPS) is 11.3. The number of aromatic nitrogens is 2. The lowest BCUT2D eigenvalue weighted by Gasteiger charge is -2.02. The molecule has 13 heavy (non-hydrogen) atoms. The largest absolute Gasteiger partial charge is 0.358 e. The third-order valence-corrected chi connectivity index (χ3v) is 1.76. The van der Waals surface area contributed by atoms with E-state index >= 15 is 0 Å². The van der Waals surface area contributed by atoms with Crippen molar-refractivity contribution in [3.63, 3.8) is 0 Å². The number of anilines is 1. The molecule has 0 aromatic carbocycles.